The Hall–Kier alpha value is -0.820. The number of halogens is 1. The summed E-state index contributed by atoms with van der Waals surface area (Å²) in [6.45, 7) is 9.36. The molecule has 4 nitrogen and oxygen atoms in total. The smallest absolute Gasteiger partial charge is 0.193 e. The van der Waals surface area contributed by atoms with Crippen LogP contribution in [-0.4, -0.2) is 50.8 Å². The SMILES string of the molecule is CCNC(=NCCCCCOC)N1CCC(c2ccccc2)C(C)C1.I. The third kappa shape index (κ3) is 7.43. The van der Waals surface area contributed by atoms with Gasteiger partial charge in [0.2, 0.25) is 0 Å². The van der Waals surface area contributed by atoms with Gasteiger partial charge >= 0.3 is 0 Å². The van der Waals surface area contributed by atoms with Gasteiger partial charge in [-0.1, -0.05) is 37.3 Å². The first kappa shape index (κ1) is 23.2. The first-order valence-corrected chi connectivity index (χ1v) is 9.83. The fourth-order valence-electron chi connectivity index (χ4n) is 3.68. The number of aliphatic imine (C=N–C) groups is 1. The van der Waals surface area contributed by atoms with E-state index in [1.807, 2.05) is 0 Å². The Labute approximate surface area is 176 Å². The molecule has 1 fully saturated rings. The maximum Gasteiger partial charge on any atom is 0.193 e. The predicted octanol–water partition coefficient (Wildman–Crippen LogP) is 4.51. The minimum absolute atomic E-state index is 0. The topological polar surface area (TPSA) is 36.9 Å². The fourth-order valence-corrected chi connectivity index (χ4v) is 3.68. The standard InChI is InChI=1S/C21H35N3O.HI/c1-4-22-21(23-14-9-6-10-16-25-3)24-15-13-20(18(2)17-24)19-11-7-5-8-12-19;/h5,7-8,11-12,18,20H,4,6,9-10,13-17H2,1-3H3,(H,22,23);1H. The van der Waals surface area contributed by atoms with Gasteiger partial charge in [0.15, 0.2) is 5.96 Å². The first-order valence-electron chi connectivity index (χ1n) is 9.83. The number of hydrogen-bond acceptors (Lipinski definition) is 2. The molecule has 0 aliphatic carbocycles. The van der Waals surface area contributed by atoms with Crippen molar-refractivity contribution in [2.75, 3.05) is 39.9 Å². The molecular formula is C21H36IN3O. The van der Waals surface area contributed by atoms with E-state index in [9.17, 15) is 0 Å². The largest absolute Gasteiger partial charge is 0.385 e. The molecule has 148 valence electrons. The van der Waals surface area contributed by atoms with Crippen LogP contribution in [0.25, 0.3) is 0 Å². The third-order valence-electron chi connectivity index (χ3n) is 5.04. The number of guanidine groups is 1. The Kier molecular flexibility index (Phi) is 11.9. The maximum atomic E-state index is 5.11. The van der Waals surface area contributed by atoms with Gasteiger partial charge in [-0.25, -0.2) is 0 Å². The van der Waals surface area contributed by atoms with Crippen LogP contribution in [0.2, 0.25) is 0 Å². The number of likely N-dealkylation sites (tertiary alicyclic amines) is 1. The highest BCUT2D eigenvalue weighted by Gasteiger charge is 2.28. The lowest BCUT2D eigenvalue weighted by atomic mass is 9.82. The van der Waals surface area contributed by atoms with Crippen LogP contribution in [0.4, 0.5) is 0 Å². The molecule has 2 atom stereocenters. The van der Waals surface area contributed by atoms with Gasteiger partial charge in [-0.05, 0) is 50.0 Å². The van der Waals surface area contributed by atoms with Crippen molar-refractivity contribution in [2.24, 2.45) is 10.9 Å². The summed E-state index contributed by atoms with van der Waals surface area (Å²) >= 11 is 0. The minimum Gasteiger partial charge on any atom is -0.385 e. The number of piperidine rings is 1. The Bertz CT molecular complexity index is 509. The summed E-state index contributed by atoms with van der Waals surface area (Å²) in [7, 11) is 1.77. The van der Waals surface area contributed by atoms with E-state index < -0.39 is 0 Å². The number of rotatable bonds is 8. The Morgan fingerprint density at radius 3 is 2.65 bits per heavy atom. The molecule has 1 aromatic carbocycles. The quantitative estimate of drug-likeness (QED) is 0.261. The van der Waals surface area contributed by atoms with Gasteiger partial charge in [0.1, 0.15) is 0 Å². The van der Waals surface area contributed by atoms with Crippen molar-refractivity contribution in [3.63, 3.8) is 0 Å². The summed E-state index contributed by atoms with van der Waals surface area (Å²) in [6, 6.07) is 11.0. The molecule has 1 saturated heterocycles. The molecule has 0 spiro atoms. The average molecular weight is 473 g/mol. The fraction of sp³-hybridized carbons (Fsp3) is 0.667. The third-order valence-corrected chi connectivity index (χ3v) is 5.04. The van der Waals surface area contributed by atoms with Crippen LogP contribution in [-0.2, 0) is 4.74 Å². The summed E-state index contributed by atoms with van der Waals surface area (Å²) in [4.78, 5) is 7.30. The summed E-state index contributed by atoms with van der Waals surface area (Å²) in [6.07, 6.45) is 4.64. The summed E-state index contributed by atoms with van der Waals surface area (Å²) in [5.41, 5.74) is 1.48. The van der Waals surface area contributed by atoms with Crippen molar-refractivity contribution >= 4 is 29.9 Å². The second-order valence-corrected chi connectivity index (χ2v) is 7.02. The molecule has 0 aromatic heterocycles. The van der Waals surface area contributed by atoms with Gasteiger partial charge in [0.25, 0.3) is 0 Å². The Morgan fingerprint density at radius 2 is 2.00 bits per heavy atom. The molecule has 0 amide bonds. The van der Waals surface area contributed by atoms with Crippen LogP contribution >= 0.6 is 24.0 Å². The zero-order chi connectivity index (χ0) is 17.9. The molecule has 1 aliphatic heterocycles. The molecule has 2 unspecified atom stereocenters. The van der Waals surface area contributed by atoms with Gasteiger partial charge in [-0.3, -0.25) is 4.99 Å². The monoisotopic (exact) mass is 473 g/mol. The van der Waals surface area contributed by atoms with E-state index in [1.165, 1.54) is 18.4 Å². The lowest BCUT2D eigenvalue weighted by molar-refractivity contribution is 0.192. The number of nitrogens with zero attached hydrogens (tertiary/aromatic N) is 2. The number of nitrogens with one attached hydrogen (secondary N) is 1. The molecule has 1 aromatic rings. The van der Waals surface area contributed by atoms with Crippen molar-refractivity contribution in [2.45, 2.75) is 45.4 Å². The summed E-state index contributed by atoms with van der Waals surface area (Å²) < 4.78 is 5.11. The number of hydrogen-bond donors (Lipinski definition) is 1. The molecule has 2 rings (SSSR count). The highest BCUT2D eigenvalue weighted by atomic mass is 127. The van der Waals surface area contributed by atoms with E-state index in [1.54, 1.807) is 7.11 Å². The van der Waals surface area contributed by atoms with E-state index in [4.69, 9.17) is 9.73 Å². The highest BCUT2D eigenvalue weighted by Crippen LogP contribution is 2.32. The number of benzene rings is 1. The van der Waals surface area contributed by atoms with Crippen LogP contribution in [0.15, 0.2) is 35.3 Å². The Morgan fingerprint density at radius 1 is 1.23 bits per heavy atom. The molecule has 0 bridgehead atoms. The summed E-state index contributed by atoms with van der Waals surface area (Å²) in [5.74, 6) is 2.39. The number of methoxy groups -OCH3 is 1. The van der Waals surface area contributed by atoms with Crippen molar-refractivity contribution in [1.82, 2.24) is 10.2 Å². The van der Waals surface area contributed by atoms with Crippen molar-refractivity contribution < 1.29 is 4.74 Å². The maximum absolute atomic E-state index is 5.11. The molecule has 1 heterocycles. The molecule has 26 heavy (non-hydrogen) atoms. The van der Waals surface area contributed by atoms with E-state index >= 15 is 0 Å². The summed E-state index contributed by atoms with van der Waals surface area (Å²) in [5, 5.41) is 3.48. The van der Waals surface area contributed by atoms with E-state index in [-0.39, 0.29) is 24.0 Å². The minimum atomic E-state index is 0. The zero-order valence-corrected chi connectivity index (χ0v) is 18.9. The van der Waals surface area contributed by atoms with Crippen LogP contribution in [0, 0.1) is 5.92 Å². The van der Waals surface area contributed by atoms with Gasteiger partial charge in [-0.2, -0.15) is 0 Å². The molecule has 0 radical (unpaired) electrons. The van der Waals surface area contributed by atoms with Crippen molar-refractivity contribution in [3.05, 3.63) is 35.9 Å². The van der Waals surface area contributed by atoms with Crippen LogP contribution in [0.5, 0.6) is 0 Å². The number of ether oxygens (including phenoxy) is 1. The van der Waals surface area contributed by atoms with E-state index in [0.717, 1.165) is 51.6 Å². The lowest BCUT2D eigenvalue weighted by Gasteiger charge is -2.39. The second-order valence-electron chi connectivity index (χ2n) is 7.02. The molecule has 1 N–H and O–H groups in total. The molecular weight excluding hydrogens is 437 g/mol. The van der Waals surface area contributed by atoms with Gasteiger partial charge in [0.05, 0.1) is 0 Å². The Balaban J connectivity index is 0.00000338. The van der Waals surface area contributed by atoms with Crippen LogP contribution in [0.1, 0.15) is 51.0 Å². The lowest BCUT2D eigenvalue weighted by Crippen LogP contribution is -2.48. The van der Waals surface area contributed by atoms with Gasteiger partial charge in [0, 0.05) is 39.9 Å². The zero-order valence-electron chi connectivity index (χ0n) is 16.6. The first-order chi connectivity index (χ1) is 12.3. The van der Waals surface area contributed by atoms with E-state index in [2.05, 4.69) is 54.4 Å². The normalized spacial score (nSPS) is 20.6. The predicted molar refractivity (Wildman–Crippen MR) is 122 cm³/mol. The molecule has 1 aliphatic rings. The molecule has 0 saturated carbocycles. The highest BCUT2D eigenvalue weighted by molar-refractivity contribution is 14.0. The van der Waals surface area contributed by atoms with Crippen molar-refractivity contribution in [3.8, 4) is 0 Å². The van der Waals surface area contributed by atoms with Gasteiger partial charge in [-0.15, -0.1) is 24.0 Å². The van der Waals surface area contributed by atoms with Gasteiger partial charge < -0.3 is 15.0 Å². The average Bonchev–Trinajstić information content (AvgIpc) is 2.64. The van der Waals surface area contributed by atoms with Crippen LogP contribution < -0.4 is 5.32 Å². The molecule has 5 heteroatoms. The second kappa shape index (κ2) is 13.4. The van der Waals surface area contributed by atoms with Crippen LogP contribution in [0.3, 0.4) is 0 Å². The number of unbranched alkanes of at least 4 members (excludes halogenated alkanes) is 2. The van der Waals surface area contributed by atoms with E-state index in [0.29, 0.717) is 11.8 Å². The van der Waals surface area contributed by atoms with Crippen molar-refractivity contribution in [1.29, 1.82) is 0 Å².